The van der Waals surface area contributed by atoms with Gasteiger partial charge in [0.25, 0.3) is 5.91 Å². The molecule has 1 aliphatic rings. The number of amides is 3. The van der Waals surface area contributed by atoms with E-state index in [1.807, 2.05) is 6.92 Å². The number of ether oxygens (including phenoxy) is 2. The fourth-order valence-corrected chi connectivity index (χ4v) is 3.34. The van der Waals surface area contributed by atoms with Crippen molar-refractivity contribution >= 4 is 41.2 Å². The van der Waals surface area contributed by atoms with E-state index in [1.165, 1.54) is 13.3 Å². The summed E-state index contributed by atoms with van der Waals surface area (Å²) in [5.41, 5.74) is 4.01. The number of anilines is 1. The lowest BCUT2D eigenvalue weighted by atomic mass is 10.2. The van der Waals surface area contributed by atoms with Crippen LogP contribution in [0.25, 0.3) is 0 Å². The van der Waals surface area contributed by atoms with E-state index < -0.39 is 11.8 Å². The highest BCUT2D eigenvalue weighted by Gasteiger charge is 2.19. The number of halogens is 1. The predicted octanol–water partition coefficient (Wildman–Crippen LogP) is 2.75. The molecule has 0 aliphatic carbocycles. The standard InChI is InChI=1S/C23H25ClN4O5/c1-15-5-7-17(12-18(15)24)26-22(30)23(31)27-25-13-16-6-8-19(20(11-16)32-2)33-14-21(29)28-9-3-4-10-28/h5-8,11-13H,3-4,9-10,14H2,1-2H3,(H,26,30)(H,27,31)/b25-13-. The number of carbonyl (C=O) groups is 3. The number of nitrogens with one attached hydrogen (secondary N) is 2. The molecule has 2 aromatic rings. The van der Waals surface area contributed by atoms with E-state index in [4.69, 9.17) is 21.1 Å². The number of nitrogens with zero attached hydrogens (tertiary/aromatic N) is 2. The molecule has 0 aromatic heterocycles. The van der Waals surface area contributed by atoms with Crippen molar-refractivity contribution in [3.63, 3.8) is 0 Å². The Morgan fingerprint density at radius 3 is 2.55 bits per heavy atom. The number of hydrogen-bond donors (Lipinski definition) is 2. The molecule has 0 radical (unpaired) electrons. The largest absolute Gasteiger partial charge is 0.493 e. The summed E-state index contributed by atoms with van der Waals surface area (Å²) >= 11 is 6.02. The minimum absolute atomic E-state index is 0.0610. The number of hydrazone groups is 1. The van der Waals surface area contributed by atoms with E-state index in [-0.39, 0.29) is 12.5 Å². The van der Waals surface area contributed by atoms with E-state index in [0.717, 1.165) is 31.5 Å². The molecule has 2 aromatic carbocycles. The first kappa shape index (κ1) is 24.1. The maximum atomic E-state index is 12.2. The SMILES string of the molecule is COc1cc(/C=N\NC(=O)C(=O)Nc2ccc(C)c(Cl)c2)ccc1OCC(=O)N1CCCC1. The molecule has 0 atom stereocenters. The monoisotopic (exact) mass is 472 g/mol. The van der Waals surface area contributed by atoms with Crippen LogP contribution in [0.15, 0.2) is 41.5 Å². The second-order valence-corrected chi connectivity index (χ2v) is 7.81. The molecule has 1 heterocycles. The van der Waals surface area contributed by atoms with Crippen LogP contribution in [0.4, 0.5) is 5.69 Å². The zero-order chi connectivity index (χ0) is 23.8. The molecule has 0 saturated carbocycles. The van der Waals surface area contributed by atoms with Crippen molar-refractivity contribution in [2.75, 3.05) is 32.1 Å². The third-order valence-corrected chi connectivity index (χ3v) is 5.42. The van der Waals surface area contributed by atoms with Gasteiger partial charge in [0.05, 0.1) is 13.3 Å². The number of aryl methyl sites for hydroxylation is 1. The van der Waals surface area contributed by atoms with Gasteiger partial charge in [-0.3, -0.25) is 14.4 Å². The van der Waals surface area contributed by atoms with Gasteiger partial charge in [-0.05, 0) is 61.2 Å². The highest BCUT2D eigenvalue weighted by atomic mass is 35.5. The Hall–Kier alpha value is -3.59. The number of rotatable bonds is 7. The van der Waals surface area contributed by atoms with Crippen molar-refractivity contribution in [3.8, 4) is 11.5 Å². The molecule has 1 saturated heterocycles. The predicted molar refractivity (Wildman–Crippen MR) is 125 cm³/mol. The lowest BCUT2D eigenvalue weighted by Crippen LogP contribution is -2.32. The zero-order valence-electron chi connectivity index (χ0n) is 18.4. The number of likely N-dealkylation sites (tertiary alicyclic amines) is 1. The maximum Gasteiger partial charge on any atom is 0.329 e. The molecule has 0 bridgehead atoms. The average Bonchev–Trinajstić information content (AvgIpc) is 3.35. The number of hydrogen-bond acceptors (Lipinski definition) is 6. The smallest absolute Gasteiger partial charge is 0.329 e. The number of methoxy groups -OCH3 is 1. The van der Waals surface area contributed by atoms with Crippen LogP contribution in [-0.2, 0) is 14.4 Å². The summed E-state index contributed by atoms with van der Waals surface area (Å²) in [6, 6.07) is 9.90. The molecule has 0 unspecified atom stereocenters. The first-order valence-electron chi connectivity index (χ1n) is 10.4. The lowest BCUT2D eigenvalue weighted by Gasteiger charge is -2.16. The van der Waals surface area contributed by atoms with Gasteiger partial charge in [0.1, 0.15) is 0 Å². The van der Waals surface area contributed by atoms with Gasteiger partial charge >= 0.3 is 11.8 Å². The first-order chi connectivity index (χ1) is 15.9. The van der Waals surface area contributed by atoms with Gasteiger partial charge in [-0.1, -0.05) is 17.7 Å². The Labute approximate surface area is 196 Å². The van der Waals surface area contributed by atoms with Crippen molar-refractivity contribution < 1.29 is 23.9 Å². The molecule has 2 N–H and O–H groups in total. The summed E-state index contributed by atoms with van der Waals surface area (Å²) in [6.45, 7) is 3.28. The van der Waals surface area contributed by atoms with Crippen LogP contribution in [-0.4, -0.2) is 55.6 Å². The van der Waals surface area contributed by atoms with Gasteiger partial charge in [-0.25, -0.2) is 5.43 Å². The van der Waals surface area contributed by atoms with E-state index >= 15 is 0 Å². The van der Waals surface area contributed by atoms with Gasteiger partial charge < -0.3 is 19.7 Å². The topological polar surface area (TPSA) is 109 Å². The second-order valence-electron chi connectivity index (χ2n) is 7.40. The average molecular weight is 473 g/mol. The van der Waals surface area contributed by atoms with Gasteiger partial charge in [0.15, 0.2) is 18.1 Å². The van der Waals surface area contributed by atoms with Crippen LogP contribution in [0.2, 0.25) is 5.02 Å². The van der Waals surface area contributed by atoms with Crippen molar-refractivity contribution in [1.29, 1.82) is 0 Å². The van der Waals surface area contributed by atoms with Crippen LogP contribution >= 0.6 is 11.6 Å². The van der Waals surface area contributed by atoms with Gasteiger partial charge in [0, 0.05) is 23.8 Å². The normalized spacial score (nSPS) is 13.1. The quantitative estimate of drug-likeness (QED) is 0.366. The Bertz CT molecular complexity index is 1070. The van der Waals surface area contributed by atoms with Crippen LogP contribution in [0.5, 0.6) is 11.5 Å². The third-order valence-electron chi connectivity index (χ3n) is 5.01. The number of benzene rings is 2. The maximum absolute atomic E-state index is 12.2. The summed E-state index contributed by atoms with van der Waals surface area (Å²) in [7, 11) is 1.48. The second kappa shape index (κ2) is 11.3. The molecule has 9 nitrogen and oxygen atoms in total. The van der Waals surface area contributed by atoms with E-state index in [9.17, 15) is 14.4 Å². The fourth-order valence-electron chi connectivity index (χ4n) is 3.16. The highest BCUT2D eigenvalue weighted by molar-refractivity contribution is 6.39. The highest BCUT2D eigenvalue weighted by Crippen LogP contribution is 2.27. The van der Waals surface area contributed by atoms with Gasteiger partial charge in [-0.15, -0.1) is 0 Å². The summed E-state index contributed by atoms with van der Waals surface area (Å²) in [5, 5.41) is 6.73. The zero-order valence-corrected chi connectivity index (χ0v) is 19.1. The Morgan fingerprint density at radius 2 is 1.85 bits per heavy atom. The minimum Gasteiger partial charge on any atom is -0.493 e. The Morgan fingerprint density at radius 1 is 1.09 bits per heavy atom. The number of carbonyl (C=O) groups excluding carboxylic acids is 3. The molecule has 33 heavy (non-hydrogen) atoms. The summed E-state index contributed by atoms with van der Waals surface area (Å²) in [6.07, 6.45) is 3.39. The van der Waals surface area contributed by atoms with Crippen molar-refractivity contribution in [2.45, 2.75) is 19.8 Å². The van der Waals surface area contributed by atoms with Crippen molar-refractivity contribution in [1.82, 2.24) is 10.3 Å². The Balaban J connectivity index is 1.53. The van der Waals surface area contributed by atoms with Crippen LogP contribution < -0.4 is 20.2 Å². The van der Waals surface area contributed by atoms with E-state index in [0.29, 0.717) is 27.8 Å². The van der Waals surface area contributed by atoms with Crippen molar-refractivity contribution in [3.05, 3.63) is 52.5 Å². The molecule has 0 spiro atoms. The molecule has 1 aliphatic heterocycles. The molecule has 1 fully saturated rings. The van der Waals surface area contributed by atoms with Crippen molar-refractivity contribution in [2.24, 2.45) is 5.10 Å². The molecular formula is C23H25ClN4O5. The fraction of sp³-hybridized carbons (Fsp3) is 0.304. The van der Waals surface area contributed by atoms with Gasteiger partial charge in [0.2, 0.25) is 0 Å². The molecule has 3 rings (SSSR count). The molecular weight excluding hydrogens is 448 g/mol. The van der Waals surface area contributed by atoms with Crippen LogP contribution in [0.3, 0.4) is 0 Å². The summed E-state index contributed by atoms with van der Waals surface area (Å²) < 4.78 is 10.9. The lowest BCUT2D eigenvalue weighted by molar-refractivity contribution is -0.136. The van der Waals surface area contributed by atoms with E-state index in [2.05, 4.69) is 15.8 Å². The molecule has 10 heteroatoms. The van der Waals surface area contributed by atoms with Crippen LogP contribution in [0, 0.1) is 6.92 Å². The third kappa shape index (κ3) is 6.69. The molecule has 3 amide bonds. The minimum atomic E-state index is -0.935. The first-order valence-corrected chi connectivity index (χ1v) is 10.7. The van der Waals surface area contributed by atoms with Crippen LogP contribution in [0.1, 0.15) is 24.0 Å². The Kier molecular flexibility index (Phi) is 8.26. The summed E-state index contributed by atoms with van der Waals surface area (Å²) in [4.78, 5) is 37.9. The van der Waals surface area contributed by atoms with Gasteiger partial charge in [-0.2, -0.15) is 5.10 Å². The van der Waals surface area contributed by atoms with E-state index in [1.54, 1.807) is 41.3 Å². The molecule has 174 valence electrons. The summed E-state index contributed by atoms with van der Waals surface area (Å²) in [5.74, 6) is -1.05.